The van der Waals surface area contributed by atoms with E-state index in [2.05, 4.69) is 60.1 Å². The number of carboxylic acids is 1. The molecular formula is C38H35ClN4O3. The molecule has 0 radical (unpaired) electrons. The third-order valence-corrected chi connectivity index (χ3v) is 9.23. The number of para-hydroxylation sites is 2. The van der Waals surface area contributed by atoms with Crippen LogP contribution in [0.3, 0.4) is 0 Å². The van der Waals surface area contributed by atoms with Crippen molar-refractivity contribution in [1.29, 1.82) is 0 Å². The number of carbonyl (C=O) groups excluding carboxylic acids is 1. The van der Waals surface area contributed by atoms with Crippen LogP contribution in [0.25, 0.3) is 28.3 Å². The van der Waals surface area contributed by atoms with Gasteiger partial charge >= 0.3 is 5.89 Å². The average molecular weight is 631 g/mol. The number of anilines is 3. The highest BCUT2D eigenvalue weighted by molar-refractivity contribution is 6.30. The van der Waals surface area contributed by atoms with Gasteiger partial charge in [0.2, 0.25) is 5.58 Å². The van der Waals surface area contributed by atoms with E-state index in [4.69, 9.17) is 16.0 Å². The van der Waals surface area contributed by atoms with Crippen molar-refractivity contribution >= 4 is 51.8 Å². The first-order valence-electron chi connectivity index (χ1n) is 15.6. The zero-order chi connectivity index (χ0) is 31.9. The van der Waals surface area contributed by atoms with E-state index in [1.807, 2.05) is 83.3 Å². The molecule has 2 aliphatic rings. The quantitative estimate of drug-likeness (QED) is 0.187. The number of rotatable bonds is 7. The number of hydrogen-bond acceptors (Lipinski definition) is 6. The third-order valence-electron chi connectivity index (χ3n) is 8.99. The highest BCUT2D eigenvalue weighted by Gasteiger charge is 2.36. The molecule has 7 nitrogen and oxygen atoms in total. The molecule has 7 rings (SSSR count). The predicted molar refractivity (Wildman–Crippen MR) is 182 cm³/mol. The Hall–Kier alpha value is -5.01. The van der Waals surface area contributed by atoms with Crippen molar-refractivity contribution in [3.05, 3.63) is 125 Å². The molecule has 232 valence electrons. The lowest BCUT2D eigenvalue weighted by molar-refractivity contribution is -0.652. The molecule has 0 saturated heterocycles. The summed E-state index contributed by atoms with van der Waals surface area (Å²) in [5, 5.41) is 13.2. The molecule has 0 bridgehead atoms. The highest BCUT2D eigenvalue weighted by Crippen LogP contribution is 2.45. The van der Waals surface area contributed by atoms with Crippen LogP contribution < -0.4 is 24.4 Å². The number of aromatic nitrogens is 1. The molecule has 2 aliphatic heterocycles. The van der Waals surface area contributed by atoms with Crippen LogP contribution in [-0.2, 0) is 18.3 Å². The topological polar surface area (TPSA) is 66.9 Å². The third kappa shape index (κ3) is 5.31. The number of nitrogens with zero attached hydrogens (tertiary/aromatic N) is 4. The molecule has 0 aliphatic carbocycles. The van der Waals surface area contributed by atoms with Gasteiger partial charge in [-0.3, -0.25) is 0 Å². The molecule has 4 aromatic carbocycles. The molecule has 0 spiro atoms. The summed E-state index contributed by atoms with van der Waals surface area (Å²) in [5.74, 6) is 0.615. The summed E-state index contributed by atoms with van der Waals surface area (Å²) < 4.78 is 8.23. The van der Waals surface area contributed by atoms with Gasteiger partial charge in [0.1, 0.15) is 12.9 Å². The molecule has 8 heteroatoms. The van der Waals surface area contributed by atoms with Crippen molar-refractivity contribution in [3.8, 4) is 11.1 Å². The van der Waals surface area contributed by atoms with Crippen molar-refractivity contribution < 1.29 is 18.9 Å². The van der Waals surface area contributed by atoms with Gasteiger partial charge in [-0.1, -0.05) is 60.1 Å². The smallest absolute Gasteiger partial charge is 0.374 e. The van der Waals surface area contributed by atoms with Crippen LogP contribution in [0.4, 0.5) is 17.1 Å². The van der Waals surface area contributed by atoms with Crippen LogP contribution in [-0.4, -0.2) is 25.2 Å². The lowest BCUT2D eigenvalue weighted by atomic mass is 9.96. The molecule has 1 atom stereocenters. The summed E-state index contributed by atoms with van der Waals surface area (Å²) in [6.45, 7) is 5.23. The van der Waals surface area contributed by atoms with Gasteiger partial charge in [0.15, 0.2) is 0 Å². The van der Waals surface area contributed by atoms with Gasteiger partial charge in [-0.2, -0.15) is 4.57 Å². The fourth-order valence-electron chi connectivity index (χ4n) is 6.72. The van der Waals surface area contributed by atoms with Crippen molar-refractivity contribution in [2.24, 2.45) is 7.05 Å². The van der Waals surface area contributed by atoms with E-state index >= 15 is 0 Å². The van der Waals surface area contributed by atoms with Gasteiger partial charge < -0.3 is 29.0 Å². The normalized spacial score (nSPS) is 17.1. The second-order valence-electron chi connectivity index (χ2n) is 11.9. The van der Waals surface area contributed by atoms with Crippen LogP contribution in [0.1, 0.15) is 31.7 Å². The van der Waals surface area contributed by atoms with Gasteiger partial charge in [-0.25, -0.2) is 0 Å². The minimum absolute atomic E-state index is 0.312. The summed E-state index contributed by atoms with van der Waals surface area (Å²) in [6, 6.07) is 29.7. The van der Waals surface area contributed by atoms with Gasteiger partial charge in [0.05, 0.1) is 36.1 Å². The molecule has 5 aromatic rings. The number of carboxylic acid groups (broad SMARTS) is 1. The van der Waals surface area contributed by atoms with Crippen LogP contribution >= 0.6 is 11.6 Å². The summed E-state index contributed by atoms with van der Waals surface area (Å²) >= 11 is 6.37. The summed E-state index contributed by atoms with van der Waals surface area (Å²) in [5.41, 5.74) is 9.01. The number of oxazole rings is 1. The Labute approximate surface area is 273 Å². The number of halogens is 1. The fraction of sp³-hybridized carbons (Fsp3) is 0.211. The Bertz CT molecular complexity index is 2020. The first-order valence-corrected chi connectivity index (χ1v) is 16.0. The molecule has 1 unspecified atom stereocenters. The number of fused-ring (bicyclic) bond motifs is 3. The fourth-order valence-corrected chi connectivity index (χ4v) is 6.91. The van der Waals surface area contributed by atoms with Crippen molar-refractivity contribution in [1.82, 2.24) is 0 Å². The number of hydrogen-bond donors (Lipinski definition) is 0. The maximum absolute atomic E-state index is 12.5. The van der Waals surface area contributed by atoms with Gasteiger partial charge in [0.25, 0.3) is 5.52 Å². The van der Waals surface area contributed by atoms with E-state index in [0.717, 1.165) is 68.7 Å². The van der Waals surface area contributed by atoms with Gasteiger partial charge in [-0.15, -0.1) is 0 Å². The van der Waals surface area contributed by atoms with Crippen molar-refractivity contribution in [2.75, 3.05) is 27.9 Å². The molecule has 0 fully saturated rings. The molecule has 0 N–H and O–H groups in total. The second kappa shape index (κ2) is 12.1. The SMILES string of the molecule is CCN1/C(=C\C(C)=C\c2oc3ccccc3[n+]2C)N(CN2c3ccc(Cl)cc3CCC2C(=O)[O-])c2cc(-c3ccccc3)ccc21. The van der Waals surface area contributed by atoms with E-state index in [-0.39, 0.29) is 0 Å². The highest BCUT2D eigenvalue weighted by atomic mass is 35.5. The number of allylic oxidation sites excluding steroid dienone is 2. The minimum Gasteiger partial charge on any atom is -0.548 e. The van der Waals surface area contributed by atoms with Crippen LogP contribution in [0.5, 0.6) is 0 Å². The monoisotopic (exact) mass is 630 g/mol. The second-order valence-corrected chi connectivity index (χ2v) is 12.3. The Morgan fingerprint density at radius 2 is 1.72 bits per heavy atom. The van der Waals surface area contributed by atoms with E-state index in [1.54, 1.807) is 0 Å². The molecule has 1 aromatic heterocycles. The lowest BCUT2D eigenvalue weighted by Crippen LogP contribution is -2.54. The Kier molecular flexibility index (Phi) is 7.79. The first-order chi connectivity index (χ1) is 22.3. The van der Waals surface area contributed by atoms with E-state index in [1.165, 1.54) is 0 Å². The Balaban J connectivity index is 1.36. The summed E-state index contributed by atoms with van der Waals surface area (Å²) in [6.07, 6.45) is 5.26. The van der Waals surface area contributed by atoms with Crippen LogP contribution in [0.15, 0.2) is 113 Å². The first kappa shape index (κ1) is 29.7. The number of carbonyl (C=O) groups is 1. The average Bonchev–Trinajstić information content (AvgIpc) is 3.53. The van der Waals surface area contributed by atoms with E-state index in [0.29, 0.717) is 24.5 Å². The number of benzene rings is 4. The molecule has 0 saturated carbocycles. The maximum Gasteiger partial charge on any atom is 0.374 e. The van der Waals surface area contributed by atoms with Crippen molar-refractivity contribution in [2.45, 2.75) is 32.7 Å². The number of aryl methyl sites for hydroxylation is 2. The Morgan fingerprint density at radius 3 is 2.48 bits per heavy atom. The van der Waals surface area contributed by atoms with Gasteiger partial charge in [-0.05, 0) is 91.4 Å². The standard InChI is InChI=1S/C38H35ClN4O3/c1-4-41-31-17-14-27(26-10-6-5-7-11-26)23-34(31)43(24-42-30-19-16-29(39)22-28(30)15-18-33(42)38(44)45)36(41)20-25(2)21-37-40(3)32-12-8-9-13-35(32)46-37/h5-14,16-17,19-23,33H,4,15,18,24H2,1-3H3. The lowest BCUT2D eigenvalue weighted by Gasteiger charge is -2.42. The van der Waals surface area contributed by atoms with Crippen LogP contribution in [0, 0.1) is 0 Å². The zero-order valence-electron chi connectivity index (χ0n) is 26.1. The molecular weight excluding hydrogens is 596 g/mol. The molecule has 3 heterocycles. The minimum atomic E-state index is -1.08. The van der Waals surface area contributed by atoms with Crippen LogP contribution in [0.2, 0.25) is 5.02 Å². The van der Waals surface area contributed by atoms with Crippen molar-refractivity contribution in [3.63, 3.8) is 0 Å². The number of aliphatic carboxylic acids is 1. The molecule has 0 amide bonds. The Morgan fingerprint density at radius 1 is 0.957 bits per heavy atom. The van der Waals surface area contributed by atoms with E-state index in [9.17, 15) is 9.90 Å². The zero-order valence-corrected chi connectivity index (χ0v) is 26.9. The maximum atomic E-state index is 12.5. The summed E-state index contributed by atoms with van der Waals surface area (Å²) in [7, 11) is 2.00. The summed E-state index contributed by atoms with van der Waals surface area (Å²) in [4.78, 5) is 19.0. The van der Waals surface area contributed by atoms with E-state index < -0.39 is 12.0 Å². The van der Waals surface area contributed by atoms with Gasteiger partial charge in [0, 0.05) is 23.3 Å². The largest absolute Gasteiger partial charge is 0.548 e. The molecule has 46 heavy (non-hydrogen) atoms. The predicted octanol–water partition coefficient (Wildman–Crippen LogP) is 6.70.